The molecule has 6 radical (unpaired) electrons. The molecule has 5 aliphatic carbocycles. The van der Waals surface area contributed by atoms with Crippen LogP contribution in [0.15, 0.2) is 11.6 Å². The van der Waals surface area contributed by atoms with Crippen LogP contribution in [0.1, 0.15) is 113 Å². The summed E-state index contributed by atoms with van der Waals surface area (Å²) in [6, 6.07) is 0. The number of carbonyl (C=O) groups is 1. The summed E-state index contributed by atoms with van der Waals surface area (Å²) in [5, 5.41) is 64.7. The van der Waals surface area contributed by atoms with Crippen molar-refractivity contribution in [3.8, 4) is 0 Å². The molecule has 0 aromatic rings. The molecule has 6 aliphatic rings. The zero-order valence-electron chi connectivity index (χ0n) is 32.1. The van der Waals surface area contributed by atoms with Gasteiger partial charge in [-0.2, -0.15) is 0 Å². The van der Waals surface area contributed by atoms with Gasteiger partial charge in [0.1, 0.15) is 30.2 Å². The molecule has 5 unspecified atom stereocenters. The number of fused-ring (bicyclic) bond motifs is 7. The van der Waals surface area contributed by atoms with Crippen molar-refractivity contribution in [1.29, 1.82) is 0 Å². The second kappa shape index (κ2) is 20.3. The molecule has 1 saturated heterocycles. The third-order valence-electron chi connectivity index (χ3n) is 15.6. The first-order chi connectivity index (χ1) is 20.8. The number of hydrogen-bond acceptors (Lipinski definition) is 8. The van der Waals surface area contributed by atoms with Crippen LogP contribution in [-0.4, -0.2) is 85.8 Å². The number of aliphatic hydroxyl groups is 6. The van der Waals surface area contributed by atoms with Crippen molar-refractivity contribution in [1.82, 2.24) is 0 Å². The Kier molecular flexibility index (Phi) is 22.6. The Bertz CT molecular complexity index is 1240. The summed E-state index contributed by atoms with van der Waals surface area (Å²) in [6.45, 7) is 15.7. The maximum atomic E-state index is 14.6. The third-order valence-corrected chi connectivity index (χ3v) is 15.6. The van der Waals surface area contributed by atoms with Gasteiger partial charge in [-0.05, 0) is 103 Å². The van der Waals surface area contributed by atoms with Gasteiger partial charge in [-0.25, -0.2) is 0 Å². The van der Waals surface area contributed by atoms with Crippen molar-refractivity contribution in [3.05, 3.63) is 11.6 Å². The van der Waals surface area contributed by atoms with Gasteiger partial charge in [0.15, 0.2) is 0 Å². The maximum absolute atomic E-state index is 14.6. The van der Waals surface area contributed by atoms with Crippen LogP contribution in [0.3, 0.4) is 0 Å². The number of hydrogen-bond donors (Lipinski definition) is 6. The smallest absolute Gasteiger partial charge is 0.144 e. The Hall–Kier alpha value is 5.75. The minimum atomic E-state index is -1.54. The number of rotatable bonds is 4. The Labute approximate surface area is 457 Å². The molecule has 0 amide bonds. The molecule has 6 rings (SSSR count). The summed E-state index contributed by atoms with van der Waals surface area (Å²) in [5.41, 5.74) is -0.166. The van der Waals surface area contributed by atoms with E-state index in [1.807, 2.05) is 0 Å². The van der Waals surface area contributed by atoms with E-state index in [0.717, 1.165) is 44.9 Å². The van der Waals surface area contributed by atoms with E-state index in [0.29, 0.717) is 24.7 Å². The molecular formula is C37H60O8Y6. The molecule has 0 aromatic carbocycles. The first-order valence-electron chi connectivity index (χ1n) is 17.7. The molecule has 0 aromatic heterocycles. The van der Waals surface area contributed by atoms with E-state index >= 15 is 0 Å². The van der Waals surface area contributed by atoms with Crippen LogP contribution in [0, 0.1) is 50.2 Å². The Morgan fingerprint density at radius 2 is 1.31 bits per heavy atom. The molecule has 1 aliphatic heterocycles. The number of ether oxygens (including phenoxy) is 1. The molecule has 4 saturated carbocycles. The summed E-state index contributed by atoms with van der Waals surface area (Å²) < 4.78 is 5.80. The molecule has 14 heteroatoms. The monoisotopic (exact) mass is 1170 g/mol. The number of carbonyl (C=O) groups excluding carboxylic acids is 1. The van der Waals surface area contributed by atoms with E-state index in [1.54, 1.807) is 0 Å². The molecule has 0 bridgehead atoms. The molecular weight excluding hydrogens is 1110 g/mol. The normalized spacial score (nSPS) is 47.4. The minimum absolute atomic E-state index is 0. The Balaban J connectivity index is 0.00000417. The van der Waals surface area contributed by atoms with Crippen molar-refractivity contribution in [3.63, 3.8) is 0 Å². The van der Waals surface area contributed by atoms with Crippen LogP contribution in [0.4, 0.5) is 0 Å². The van der Waals surface area contributed by atoms with Gasteiger partial charge in [-0.1, -0.05) is 60.1 Å². The molecule has 51 heavy (non-hydrogen) atoms. The van der Waals surface area contributed by atoms with Gasteiger partial charge in [0.2, 0.25) is 0 Å². The number of ketones is 1. The second-order valence-corrected chi connectivity index (χ2v) is 18.3. The number of aliphatic hydroxyl groups excluding tert-OH is 6. The fourth-order valence-electron chi connectivity index (χ4n) is 12.6. The first-order valence-corrected chi connectivity index (χ1v) is 17.7. The predicted octanol–water partition coefficient (Wildman–Crippen LogP) is 3.91. The zero-order valence-corrected chi connectivity index (χ0v) is 49.1. The van der Waals surface area contributed by atoms with Gasteiger partial charge in [0, 0.05) is 203 Å². The van der Waals surface area contributed by atoms with Crippen LogP contribution in [0.5, 0.6) is 0 Å². The predicted molar refractivity (Wildman–Crippen MR) is 170 cm³/mol. The molecule has 14 atom stereocenters. The van der Waals surface area contributed by atoms with E-state index < -0.39 is 48.6 Å². The van der Waals surface area contributed by atoms with Crippen LogP contribution in [0.25, 0.3) is 0 Å². The fourth-order valence-corrected chi connectivity index (χ4v) is 12.6. The second-order valence-electron chi connectivity index (χ2n) is 18.3. The van der Waals surface area contributed by atoms with Gasteiger partial charge >= 0.3 is 0 Å². The largest absolute Gasteiger partial charge is 0.394 e. The van der Waals surface area contributed by atoms with Crippen molar-refractivity contribution >= 4 is 5.78 Å². The summed E-state index contributed by atoms with van der Waals surface area (Å²) in [7, 11) is 0. The van der Waals surface area contributed by atoms with E-state index in [1.165, 1.54) is 5.57 Å². The average molecular weight is 1170 g/mol. The standard InChI is InChI=1S/C37H60O8.6Y/c1-32(2)14-15-37(27(40)16-22-29(42)31(44)30(43)23(19-38)45-22)21(17-32)20-8-9-25-34(5)12-11-26(39)33(3,4)24(34)10-13-35(25,6)36(20,7)18-28(37)41;;;;;;/h8,21-26,28-31,38-39,41-44H,9-19H2,1-7H3;;;;;;/t21?,22-,23?,24?,25?,26+,28-,29+,30-,31?,34+,35-,36-,37+;;;;;;/m1....../s1. The van der Waals surface area contributed by atoms with Gasteiger partial charge in [0.05, 0.1) is 30.3 Å². The Morgan fingerprint density at radius 3 is 1.90 bits per heavy atom. The maximum Gasteiger partial charge on any atom is 0.144 e. The molecule has 0 spiro atoms. The third kappa shape index (κ3) is 9.14. The van der Waals surface area contributed by atoms with Crippen LogP contribution >= 0.6 is 0 Å². The Morgan fingerprint density at radius 1 is 0.725 bits per heavy atom. The van der Waals surface area contributed by atoms with Gasteiger partial charge in [-0.15, -0.1) is 0 Å². The molecule has 5 fully saturated rings. The van der Waals surface area contributed by atoms with Crippen LogP contribution in [0.2, 0.25) is 0 Å². The summed E-state index contributed by atoms with van der Waals surface area (Å²) in [4.78, 5) is 14.6. The first kappa shape index (κ1) is 56.8. The summed E-state index contributed by atoms with van der Waals surface area (Å²) in [5.74, 6) is 0.520. The number of Topliss-reactive ketones (excluding diaryl/α,β-unsaturated/α-hetero) is 1. The molecule has 8 nitrogen and oxygen atoms in total. The van der Waals surface area contributed by atoms with Crippen LogP contribution < -0.4 is 0 Å². The zero-order chi connectivity index (χ0) is 33.1. The quantitative estimate of drug-likeness (QED) is 0.233. The van der Waals surface area contributed by atoms with Gasteiger partial charge < -0.3 is 35.4 Å². The van der Waals surface area contributed by atoms with E-state index in [4.69, 9.17) is 4.74 Å². The summed E-state index contributed by atoms with van der Waals surface area (Å²) >= 11 is 0. The molecule has 6 N–H and O–H groups in total. The number of allylic oxidation sites excluding steroid dienone is 2. The minimum Gasteiger partial charge on any atom is -0.394 e. The van der Waals surface area contributed by atoms with Crippen molar-refractivity contribution in [2.45, 2.75) is 155 Å². The van der Waals surface area contributed by atoms with E-state index in [9.17, 15) is 35.4 Å². The van der Waals surface area contributed by atoms with Crippen molar-refractivity contribution in [2.24, 2.45) is 50.2 Å². The van der Waals surface area contributed by atoms with E-state index in [2.05, 4.69) is 54.5 Å². The fraction of sp³-hybridized carbons (Fsp3) is 0.919. The average Bonchev–Trinajstić information content (AvgIpc) is 2.95. The van der Waals surface area contributed by atoms with Gasteiger partial charge in [0.25, 0.3) is 0 Å². The molecule has 274 valence electrons. The SMILES string of the molecule is CC1(C)CC[C@@]2(C(=O)C[C@H]3OC(CO)[C@@H](O)C(O)[C@H]3O)C(C1)C1=CCC3[C@@]4(C)CC[C@H](O)C(C)(C)C4CC[C@@]3(C)[C@]1(C)C[C@H]2O.[Y].[Y].[Y].[Y].[Y].[Y]. The summed E-state index contributed by atoms with van der Waals surface area (Å²) in [6.07, 6.45) is 1.89. The van der Waals surface area contributed by atoms with Gasteiger partial charge in [-0.3, -0.25) is 4.79 Å². The van der Waals surface area contributed by atoms with Crippen molar-refractivity contribution < 1.29 is 236 Å². The van der Waals surface area contributed by atoms with Crippen LogP contribution in [-0.2, 0) is 206 Å². The van der Waals surface area contributed by atoms with Crippen molar-refractivity contribution in [2.75, 3.05) is 6.61 Å². The topological polar surface area (TPSA) is 148 Å². The molecule has 1 heterocycles. The van der Waals surface area contributed by atoms with E-state index in [-0.39, 0.29) is 248 Å².